The predicted octanol–water partition coefficient (Wildman–Crippen LogP) is 11.6. The molecule has 1 aliphatic carbocycles. The smallest absolute Gasteiger partial charge is 0.156 e. The average Bonchev–Trinajstić information content (AvgIpc) is 3.77. The Bertz CT molecular complexity index is 3410. The highest BCUT2D eigenvalue weighted by Gasteiger charge is 2.53. The third kappa shape index (κ3) is 4.41. The molecule has 6 aromatic carbocycles. The Morgan fingerprint density at radius 3 is 1.98 bits per heavy atom. The van der Waals surface area contributed by atoms with Gasteiger partial charge in [-0.05, 0) is 96.6 Å². The van der Waals surface area contributed by atoms with Crippen molar-refractivity contribution in [1.82, 2.24) is 14.5 Å². The second kappa shape index (κ2) is 12.2. The first-order valence-corrected chi connectivity index (χ1v) is 19.8. The molecule has 0 N–H and O–H groups in total. The number of nitriles is 3. The van der Waals surface area contributed by atoms with Gasteiger partial charge < -0.3 is 14.2 Å². The first-order chi connectivity index (χ1) is 29.1. The molecule has 5 heterocycles. The van der Waals surface area contributed by atoms with E-state index in [1.165, 1.54) is 0 Å². The number of hydrogen-bond donors (Lipinski definition) is 0. The number of benzene rings is 6. The lowest BCUT2D eigenvalue weighted by molar-refractivity contribution is 0.437. The van der Waals surface area contributed by atoms with Gasteiger partial charge in [-0.15, -0.1) is 0 Å². The Labute approximate surface area is 342 Å². The van der Waals surface area contributed by atoms with Crippen LogP contribution in [0.1, 0.15) is 38.9 Å². The molecule has 1 spiro atoms. The molecule has 0 fully saturated rings. The second-order valence-electron chi connectivity index (χ2n) is 14.7. The van der Waals surface area contributed by atoms with Crippen LogP contribution in [0.15, 0.2) is 162 Å². The van der Waals surface area contributed by atoms with E-state index in [9.17, 15) is 15.8 Å². The third-order valence-corrected chi connectivity index (χ3v) is 12.9. The lowest BCUT2D eigenvalue weighted by Crippen LogP contribution is -2.33. The van der Waals surface area contributed by atoms with Crippen molar-refractivity contribution >= 4 is 50.6 Å². The van der Waals surface area contributed by atoms with Gasteiger partial charge in [0.2, 0.25) is 0 Å². The van der Waals surface area contributed by atoms with E-state index in [0.717, 1.165) is 93.7 Å². The second-order valence-corrected chi connectivity index (χ2v) is 15.8. The lowest BCUT2D eigenvalue weighted by Gasteiger charge is -2.41. The first-order valence-electron chi connectivity index (χ1n) is 19.0. The summed E-state index contributed by atoms with van der Waals surface area (Å²) in [5.41, 5.74) is 11.7. The van der Waals surface area contributed by atoms with E-state index >= 15 is 0 Å². The molecule has 12 rings (SSSR count). The molecule has 0 bridgehead atoms. The molecule has 0 saturated heterocycles. The van der Waals surface area contributed by atoms with Crippen LogP contribution in [-0.4, -0.2) is 14.5 Å². The number of hydrogen-bond acceptors (Lipinski definition) is 8. The Morgan fingerprint density at radius 1 is 0.542 bits per heavy atom. The van der Waals surface area contributed by atoms with Gasteiger partial charge in [0.05, 0.1) is 91.7 Å². The van der Waals surface area contributed by atoms with Crippen LogP contribution in [0.5, 0.6) is 11.5 Å². The largest absolute Gasteiger partial charge is 0.454 e. The number of ether oxygens (including phenoxy) is 1. The fourth-order valence-corrected chi connectivity index (χ4v) is 10.5. The Kier molecular flexibility index (Phi) is 6.81. The predicted molar refractivity (Wildman–Crippen MR) is 227 cm³/mol. The molecule has 0 radical (unpaired) electrons. The molecule has 3 aliphatic rings. The van der Waals surface area contributed by atoms with Gasteiger partial charge in [-0.25, -0.2) is 0 Å². The quantitative estimate of drug-likeness (QED) is 0.171. The van der Waals surface area contributed by atoms with E-state index in [-0.39, 0.29) is 0 Å². The fraction of sp³-hybridized carbons (Fsp3) is 0.0200. The van der Waals surface area contributed by atoms with Gasteiger partial charge in [-0.1, -0.05) is 60.3 Å². The maximum Gasteiger partial charge on any atom is 0.156 e. The highest BCUT2D eigenvalue weighted by Crippen LogP contribution is 2.64. The van der Waals surface area contributed by atoms with Gasteiger partial charge in [0.25, 0.3) is 0 Å². The van der Waals surface area contributed by atoms with E-state index in [2.05, 4.69) is 82.3 Å². The third-order valence-electron chi connectivity index (χ3n) is 11.8. The van der Waals surface area contributed by atoms with Gasteiger partial charge >= 0.3 is 0 Å². The molecule has 3 aromatic heterocycles. The number of rotatable bonds is 2. The van der Waals surface area contributed by atoms with Gasteiger partial charge in [-0.2, -0.15) is 15.8 Å². The lowest BCUT2D eigenvalue weighted by atomic mass is 9.66. The number of nitrogens with zero attached hydrogens (tertiary/aromatic N) is 7. The number of aromatic nitrogens is 3. The van der Waals surface area contributed by atoms with E-state index in [4.69, 9.17) is 14.7 Å². The molecule has 8 nitrogen and oxygen atoms in total. The van der Waals surface area contributed by atoms with E-state index < -0.39 is 5.41 Å². The monoisotopic (exact) mass is 771 g/mol. The molecule has 59 heavy (non-hydrogen) atoms. The van der Waals surface area contributed by atoms with Crippen LogP contribution >= 0.6 is 11.8 Å². The summed E-state index contributed by atoms with van der Waals surface area (Å²) in [4.78, 5) is 14.6. The Hall–Kier alpha value is -8.16. The van der Waals surface area contributed by atoms with Crippen LogP contribution in [-0.2, 0) is 5.41 Å². The van der Waals surface area contributed by atoms with Crippen molar-refractivity contribution in [2.75, 3.05) is 4.90 Å². The van der Waals surface area contributed by atoms with Crippen LogP contribution in [0.25, 0.3) is 38.9 Å². The van der Waals surface area contributed by atoms with Gasteiger partial charge in [0.15, 0.2) is 5.75 Å². The summed E-state index contributed by atoms with van der Waals surface area (Å²) >= 11 is 1.66. The molecule has 1 unspecified atom stereocenters. The summed E-state index contributed by atoms with van der Waals surface area (Å²) in [6, 6.07) is 53.4. The number of fused-ring (bicyclic) bond motifs is 14. The molecule has 0 saturated carbocycles. The van der Waals surface area contributed by atoms with Gasteiger partial charge in [-0.3, -0.25) is 9.97 Å². The molecular formula is C50H25N7OS. The first kappa shape index (κ1) is 33.0. The minimum absolute atomic E-state index is 0.542. The minimum Gasteiger partial charge on any atom is -0.454 e. The van der Waals surface area contributed by atoms with Crippen molar-refractivity contribution in [2.45, 2.75) is 15.2 Å². The highest BCUT2D eigenvalue weighted by molar-refractivity contribution is 7.99. The van der Waals surface area contributed by atoms with Crippen LogP contribution in [0.2, 0.25) is 0 Å². The van der Waals surface area contributed by atoms with Crippen molar-refractivity contribution < 1.29 is 4.74 Å². The van der Waals surface area contributed by atoms with Gasteiger partial charge in [0.1, 0.15) is 5.75 Å². The zero-order valence-corrected chi connectivity index (χ0v) is 31.7. The van der Waals surface area contributed by atoms with Crippen LogP contribution in [0, 0.1) is 34.0 Å². The van der Waals surface area contributed by atoms with Crippen LogP contribution < -0.4 is 9.64 Å². The molecule has 9 heteroatoms. The van der Waals surface area contributed by atoms with E-state index in [0.29, 0.717) is 22.4 Å². The maximum atomic E-state index is 9.86. The SMILES string of the molecule is N#Cc1ccc2c(c1)Sc1ccccc1N2c1cccc2c1Oc1ccccc1C21c2cccnc2-c2ncc(-n3c4ccc(C#N)cc4c4cc(C#N)ccc43)cc21. The fourth-order valence-electron chi connectivity index (χ4n) is 9.42. The number of para-hydroxylation sites is 3. The number of anilines is 3. The van der Waals surface area contributed by atoms with Crippen molar-refractivity contribution in [3.63, 3.8) is 0 Å². The van der Waals surface area contributed by atoms with E-state index in [1.807, 2.05) is 97.3 Å². The summed E-state index contributed by atoms with van der Waals surface area (Å²) in [6.45, 7) is 0. The standard InChI is InChI=1S/C50H25N7OS/c51-25-29-14-17-39-33(21-29)34-22-30(26-52)15-18-40(34)56(39)32-24-38-48(55-28-32)47-36(9-6-20-54-47)50(38)35-7-1-3-12-44(35)58-49-37(50)8-5-11-43(49)57-41-10-2-4-13-45(41)59-46-23-31(27-53)16-19-42(46)57/h1-24,28H. The van der Waals surface area contributed by atoms with Crippen molar-refractivity contribution in [3.05, 3.63) is 191 Å². The molecule has 2 aliphatic heterocycles. The molecule has 0 amide bonds. The topological polar surface area (TPSA) is 115 Å². The zero-order chi connectivity index (χ0) is 39.4. The van der Waals surface area contributed by atoms with Crippen molar-refractivity contribution in [2.24, 2.45) is 0 Å². The summed E-state index contributed by atoms with van der Waals surface area (Å²) in [7, 11) is 0. The maximum absolute atomic E-state index is 9.86. The Balaban J connectivity index is 1.16. The van der Waals surface area contributed by atoms with Crippen LogP contribution in [0.3, 0.4) is 0 Å². The molecule has 9 aromatic rings. The zero-order valence-electron chi connectivity index (χ0n) is 30.9. The van der Waals surface area contributed by atoms with Gasteiger partial charge in [0, 0.05) is 43.5 Å². The summed E-state index contributed by atoms with van der Waals surface area (Å²) in [6.07, 6.45) is 3.71. The molecular weight excluding hydrogens is 747 g/mol. The minimum atomic E-state index is -0.889. The normalized spacial score (nSPS) is 15.2. The number of pyridine rings is 2. The molecule has 1 atom stereocenters. The van der Waals surface area contributed by atoms with Crippen molar-refractivity contribution in [1.29, 1.82) is 15.8 Å². The highest BCUT2D eigenvalue weighted by atomic mass is 32.2. The van der Waals surface area contributed by atoms with Crippen molar-refractivity contribution in [3.8, 4) is 46.8 Å². The summed E-state index contributed by atoms with van der Waals surface area (Å²) in [5.74, 6) is 1.44. The summed E-state index contributed by atoms with van der Waals surface area (Å²) in [5, 5.41) is 31.3. The summed E-state index contributed by atoms with van der Waals surface area (Å²) < 4.78 is 9.28. The molecule has 272 valence electrons. The average molecular weight is 772 g/mol. The van der Waals surface area contributed by atoms with Crippen LogP contribution in [0.4, 0.5) is 17.1 Å². The Morgan fingerprint density at radius 2 is 1.19 bits per heavy atom. The van der Waals surface area contributed by atoms with E-state index in [1.54, 1.807) is 11.8 Å².